The van der Waals surface area contributed by atoms with Crippen LogP contribution >= 0.6 is 0 Å². The van der Waals surface area contributed by atoms with Gasteiger partial charge < -0.3 is 19.2 Å². The maximum absolute atomic E-state index is 9.66. The fourth-order valence-corrected chi connectivity index (χ4v) is 3.49. The number of anilines is 1. The predicted molar refractivity (Wildman–Crippen MR) is 113 cm³/mol. The molecule has 1 N–H and O–H groups in total. The van der Waals surface area contributed by atoms with Crippen molar-refractivity contribution in [3.05, 3.63) is 65.6 Å². The van der Waals surface area contributed by atoms with Gasteiger partial charge in [0.2, 0.25) is 5.75 Å². The van der Waals surface area contributed by atoms with Crippen molar-refractivity contribution in [1.82, 2.24) is 0 Å². The van der Waals surface area contributed by atoms with E-state index < -0.39 is 0 Å². The second-order valence-corrected chi connectivity index (χ2v) is 7.34. The number of allylic oxidation sites excluding steroid dienone is 1. The van der Waals surface area contributed by atoms with E-state index in [-0.39, 0.29) is 0 Å². The van der Waals surface area contributed by atoms with Crippen molar-refractivity contribution in [1.29, 1.82) is 5.26 Å². The first-order valence-corrected chi connectivity index (χ1v) is 9.78. The van der Waals surface area contributed by atoms with Crippen LogP contribution in [0.5, 0.6) is 11.5 Å². The lowest BCUT2D eigenvalue weighted by Gasteiger charge is -2.11. The summed E-state index contributed by atoms with van der Waals surface area (Å²) < 4.78 is 17.2. The van der Waals surface area contributed by atoms with Crippen LogP contribution in [-0.2, 0) is 12.8 Å². The molecule has 1 aliphatic carbocycles. The highest BCUT2D eigenvalue weighted by atomic mass is 16.5. The number of benzene rings is 2. The van der Waals surface area contributed by atoms with Gasteiger partial charge in [0.05, 0.1) is 20.3 Å². The monoisotopic (exact) mass is 388 g/mol. The molecule has 1 aromatic heterocycles. The molecule has 0 aliphatic heterocycles. The minimum Gasteiger partial charge on any atom is -0.493 e. The van der Waals surface area contributed by atoms with E-state index in [1.165, 1.54) is 12.8 Å². The van der Waals surface area contributed by atoms with Crippen LogP contribution in [0.3, 0.4) is 0 Å². The number of nitrogens with zero attached hydrogens (tertiary/aromatic N) is 1. The van der Waals surface area contributed by atoms with Gasteiger partial charge in [-0.05, 0) is 48.6 Å². The normalized spacial score (nSPS) is 13.9. The molecule has 0 atom stereocenters. The van der Waals surface area contributed by atoms with Gasteiger partial charge in [0.15, 0.2) is 11.3 Å². The van der Waals surface area contributed by atoms with Crippen molar-refractivity contribution >= 4 is 16.7 Å². The lowest BCUT2D eigenvalue weighted by molar-refractivity contribution is 0.352. The number of methoxy groups -OCH3 is 2. The fraction of sp³-hybridized carbons (Fsp3) is 0.292. The van der Waals surface area contributed by atoms with Gasteiger partial charge in [-0.2, -0.15) is 5.26 Å². The third-order valence-electron chi connectivity index (χ3n) is 5.19. The number of nitriles is 1. The van der Waals surface area contributed by atoms with Crippen molar-refractivity contribution in [2.75, 3.05) is 19.5 Å². The third-order valence-corrected chi connectivity index (χ3v) is 5.19. The molecule has 1 fully saturated rings. The third kappa shape index (κ3) is 4.22. The van der Waals surface area contributed by atoms with Gasteiger partial charge in [0.25, 0.3) is 0 Å². The highest BCUT2D eigenvalue weighted by Crippen LogP contribution is 2.42. The van der Waals surface area contributed by atoms with Gasteiger partial charge >= 0.3 is 0 Å². The standard InChI is InChI=1S/C24H24N2O3/c1-27-22-12-18(10-17(14-25)15-26-19-6-4-3-5-7-19)21-13-20(11-16-8-9-16)29-23(21)24(22)28-2/h3-7,12-13,15-16,26H,8-11H2,1-2H3. The number of para-hydroxylation sites is 1. The van der Waals surface area contributed by atoms with E-state index >= 15 is 0 Å². The largest absolute Gasteiger partial charge is 0.493 e. The van der Waals surface area contributed by atoms with Gasteiger partial charge in [0, 0.05) is 35.7 Å². The van der Waals surface area contributed by atoms with Crippen molar-refractivity contribution in [2.45, 2.75) is 25.7 Å². The number of ether oxygens (including phenoxy) is 2. The molecule has 0 bridgehead atoms. The molecule has 0 radical (unpaired) electrons. The van der Waals surface area contributed by atoms with Crippen molar-refractivity contribution in [3.8, 4) is 17.6 Å². The Labute approximate surface area is 170 Å². The number of hydrogen-bond donors (Lipinski definition) is 1. The van der Waals surface area contributed by atoms with Crippen LogP contribution in [0.1, 0.15) is 24.2 Å². The Balaban J connectivity index is 1.69. The van der Waals surface area contributed by atoms with Gasteiger partial charge in [-0.15, -0.1) is 0 Å². The molecular weight excluding hydrogens is 364 g/mol. The highest BCUT2D eigenvalue weighted by molar-refractivity contribution is 5.90. The number of rotatable bonds is 8. The summed E-state index contributed by atoms with van der Waals surface area (Å²) in [5.41, 5.74) is 3.22. The molecular formula is C24H24N2O3. The minimum atomic E-state index is 0.468. The Hall–Kier alpha value is -3.39. The second kappa shape index (κ2) is 8.32. The predicted octanol–water partition coefficient (Wildman–Crippen LogP) is 5.46. The summed E-state index contributed by atoms with van der Waals surface area (Å²) in [6.07, 6.45) is 5.68. The zero-order valence-electron chi connectivity index (χ0n) is 16.7. The van der Waals surface area contributed by atoms with E-state index in [0.717, 1.165) is 34.7 Å². The highest BCUT2D eigenvalue weighted by Gasteiger charge is 2.25. The molecule has 1 saturated carbocycles. The molecule has 0 saturated heterocycles. The van der Waals surface area contributed by atoms with Crippen LogP contribution in [0.4, 0.5) is 5.69 Å². The molecule has 0 unspecified atom stereocenters. The Kier molecular flexibility index (Phi) is 5.44. The number of hydrogen-bond acceptors (Lipinski definition) is 5. The maximum atomic E-state index is 9.66. The molecule has 4 rings (SSSR count). The van der Waals surface area contributed by atoms with E-state index in [0.29, 0.717) is 29.1 Å². The first-order valence-electron chi connectivity index (χ1n) is 9.78. The molecule has 148 valence electrons. The Morgan fingerprint density at radius 3 is 2.66 bits per heavy atom. The summed E-state index contributed by atoms with van der Waals surface area (Å²) in [5, 5.41) is 13.8. The van der Waals surface area contributed by atoms with E-state index in [1.807, 2.05) is 36.4 Å². The summed E-state index contributed by atoms with van der Waals surface area (Å²) in [6, 6.07) is 16.1. The quantitative estimate of drug-likeness (QED) is 0.519. The SMILES string of the molecule is COc1cc(CC(C#N)=CNc2ccccc2)c2cc(CC3CC3)oc2c1OC. The summed E-state index contributed by atoms with van der Waals surface area (Å²) >= 11 is 0. The van der Waals surface area contributed by atoms with Crippen LogP contribution in [0.15, 0.2) is 58.7 Å². The first kappa shape index (κ1) is 18.9. The molecule has 3 aromatic rings. The zero-order chi connectivity index (χ0) is 20.2. The lowest BCUT2D eigenvalue weighted by atomic mass is 10.0. The second-order valence-electron chi connectivity index (χ2n) is 7.34. The van der Waals surface area contributed by atoms with E-state index in [4.69, 9.17) is 13.9 Å². The summed E-state index contributed by atoms with van der Waals surface area (Å²) in [6.45, 7) is 0. The topological polar surface area (TPSA) is 67.4 Å². The van der Waals surface area contributed by atoms with Crippen LogP contribution in [0, 0.1) is 17.2 Å². The molecule has 29 heavy (non-hydrogen) atoms. The van der Waals surface area contributed by atoms with E-state index in [2.05, 4.69) is 17.5 Å². The molecule has 0 amide bonds. The molecule has 0 spiro atoms. The van der Waals surface area contributed by atoms with Gasteiger partial charge in [0.1, 0.15) is 5.76 Å². The summed E-state index contributed by atoms with van der Waals surface area (Å²) in [4.78, 5) is 0. The molecule has 1 aliphatic rings. The average molecular weight is 388 g/mol. The molecule has 5 heteroatoms. The minimum absolute atomic E-state index is 0.468. The van der Waals surface area contributed by atoms with Crippen LogP contribution in [0.2, 0.25) is 0 Å². The lowest BCUT2D eigenvalue weighted by Crippen LogP contribution is -1.97. The average Bonchev–Trinajstić information content (AvgIpc) is 3.47. The van der Waals surface area contributed by atoms with E-state index in [9.17, 15) is 5.26 Å². The smallest absolute Gasteiger partial charge is 0.204 e. The van der Waals surface area contributed by atoms with E-state index in [1.54, 1.807) is 20.4 Å². The number of nitrogens with one attached hydrogen (secondary N) is 1. The molecule has 2 aromatic carbocycles. The van der Waals surface area contributed by atoms with Crippen molar-refractivity contribution in [3.63, 3.8) is 0 Å². The summed E-state index contributed by atoms with van der Waals surface area (Å²) in [7, 11) is 3.23. The van der Waals surface area contributed by atoms with Crippen LogP contribution < -0.4 is 14.8 Å². The van der Waals surface area contributed by atoms with Crippen LogP contribution in [-0.4, -0.2) is 14.2 Å². The Bertz CT molecular complexity index is 1070. The Morgan fingerprint density at radius 2 is 2.00 bits per heavy atom. The molecule has 1 heterocycles. The number of furan rings is 1. The van der Waals surface area contributed by atoms with Crippen LogP contribution in [0.25, 0.3) is 11.0 Å². The van der Waals surface area contributed by atoms with Gasteiger partial charge in [-0.3, -0.25) is 0 Å². The van der Waals surface area contributed by atoms with Gasteiger partial charge in [-0.1, -0.05) is 18.2 Å². The maximum Gasteiger partial charge on any atom is 0.204 e. The van der Waals surface area contributed by atoms with Gasteiger partial charge in [-0.25, -0.2) is 0 Å². The Morgan fingerprint density at radius 1 is 1.21 bits per heavy atom. The van der Waals surface area contributed by atoms with Crippen molar-refractivity contribution < 1.29 is 13.9 Å². The first-order chi connectivity index (χ1) is 14.2. The fourth-order valence-electron chi connectivity index (χ4n) is 3.49. The molecule has 5 nitrogen and oxygen atoms in total. The number of fused-ring (bicyclic) bond motifs is 1. The van der Waals surface area contributed by atoms with Crippen molar-refractivity contribution in [2.24, 2.45) is 5.92 Å². The summed E-state index contributed by atoms with van der Waals surface area (Å²) in [5.74, 6) is 2.88. The zero-order valence-corrected chi connectivity index (χ0v) is 16.7.